The maximum Gasteiger partial charge on any atom is 0.275 e. The molecule has 0 aromatic heterocycles. The second kappa shape index (κ2) is 4.47. The number of benzene rings is 1. The van der Waals surface area contributed by atoms with Crippen molar-refractivity contribution in [2.75, 3.05) is 5.73 Å². The van der Waals surface area contributed by atoms with E-state index in [4.69, 9.17) is 5.73 Å². The van der Waals surface area contributed by atoms with Gasteiger partial charge in [-0.05, 0) is 12.1 Å². The average molecular weight is 238 g/mol. The Labute approximate surface area is 94.4 Å². The van der Waals surface area contributed by atoms with Crippen LogP contribution >= 0.6 is 0 Å². The first-order valence-electron chi connectivity index (χ1n) is 4.30. The maximum absolute atomic E-state index is 10.6. The Morgan fingerprint density at radius 1 is 1.24 bits per heavy atom. The number of carbonyl (C=O) groups is 2. The van der Waals surface area contributed by atoms with Crippen molar-refractivity contribution in [1.29, 1.82) is 0 Å². The number of nitro groups is 1. The second-order valence-electron chi connectivity index (χ2n) is 3.15. The minimum atomic E-state index is -2.21. The molecule has 0 aliphatic carbocycles. The molecular formula is C9H6N2O6-2. The molecule has 0 radical (unpaired) electrons. The van der Waals surface area contributed by atoms with Gasteiger partial charge in [0, 0.05) is 17.3 Å². The zero-order chi connectivity index (χ0) is 13.2. The molecule has 1 aromatic carbocycles. The molecule has 0 saturated heterocycles. The average Bonchev–Trinajstić information content (AvgIpc) is 2.19. The summed E-state index contributed by atoms with van der Waals surface area (Å²) < 4.78 is 0. The fourth-order valence-electron chi connectivity index (χ4n) is 1.31. The summed E-state index contributed by atoms with van der Waals surface area (Å²) in [5.41, 5.74) is 4.05. The summed E-state index contributed by atoms with van der Waals surface area (Å²) in [4.78, 5) is 31.0. The molecule has 0 aliphatic heterocycles. The molecule has 0 heterocycles. The summed E-state index contributed by atoms with van der Waals surface area (Å²) in [6, 6.07) is 2.97. The van der Waals surface area contributed by atoms with Crippen LogP contribution in [-0.2, 0) is 9.59 Å². The number of nitrogens with two attached hydrogens (primary N) is 1. The molecule has 0 bridgehead atoms. The number of carboxylic acid groups (broad SMARTS) is 2. The first kappa shape index (κ1) is 12.4. The molecule has 0 amide bonds. The summed E-state index contributed by atoms with van der Waals surface area (Å²) in [5.74, 6) is -6.19. The first-order chi connectivity index (χ1) is 7.84. The topological polar surface area (TPSA) is 149 Å². The highest BCUT2D eigenvalue weighted by atomic mass is 16.6. The maximum atomic E-state index is 10.6. The van der Waals surface area contributed by atoms with Crippen LogP contribution in [0.2, 0.25) is 0 Å². The van der Waals surface area contributed by atoms with Crippen LogP contribution in [-0.4, -0.2) is 16.9 Å². The van der Waals surface area contributed by atoms with Crippen molar-refractivity contribution in [1.82, 2.24) is 0 Å². The third-order valence-electron chi connectivity index (χ3n) is 2.03. The molecule has 8 heteroatoms. The second-order valence-corrected chi connectivity index (χ2v) is 3.15. The monoisotopic (exact) mass is 238 g/mol. The van der Waals surface area contributed by atoms with Gasteiger partial charge in [-0.1, -0.05) is 0 Å². The fourth-order valence-corrected chi connectivity index (χ4v) is 1.31. The molecule has 0 unspecified atom stereocenters. The molecule has 2 N–H and O–H groups in total. The molecule has 1 rings (SSSR count). The number of aliphatic carboxylic acids is 2. The number of carbonyl (C=O) groups excluding carboxylic acids is 2. The quantitative estimate of drug-likeness (QED) is 0.269. The Morgan fingerprint density at radius 2 is 1.76 bits per heavy atom. The molecule has 0 spiro atoms. The minimum Gasteiger partial charge on any atom is -0.549 e. The van der Waals surface area contributed by atoms with Gasteiger partial charge in [0.05, 0.1) is 22.8 Å². The van der Waals surface area contributed by atoms with E-state index in [0.29, 0.717) is 0 Å². The van der Waals surface area contributed by atoms with Gasteiger partial charge in [0.15, 0.2) is 0 Å². The van der Waals surface area contributed by atoms with Crippen LogP contribution in [0.4, 0.5) is 11.4 Å². The van der Waals surface area contributed by atoms with E-state index in [-0.39, 0.29) is 5.69 Å². The highest BCUT2D eigenvalue weighted by Gasteiger charge is 2.24. The van der Waals surface area contributed by atoms with Gasteiger partial charge < -0.3 is 25.5 Å². The lowest BCUT2D eigenvalue weighted by atomic mass is 9.97. The molecule has 90 valence electrons. The summed E-state index contributed by atoms with van der Waals surface area (Å²) >= 11 is 0. The van der Waals surface area contributed by atoms with E-state index in [1.54, 1.807) is 0 Å². The van der Waals surface area contributed by atoms with Gasteiger partial charge in [0.2, 0.25) is 0 Å². The molecule has 1 aromatic rings. The van der Waals surface area contributed by atoms with E-state index >= 15 is 0 Å². The van der Waals surface area contributed by atoms with Crippen molar-refractivity contribution in [3.8, 4) is 0 Å². The third-order valence-corrected chi connectivity index (χ3v) is 2.03. The van der Waals surface area contributed by atoms with E-state index in [0.717, 1.165) is 18.2 Å². The van der Waals surface area contributed by atoms with Crippen LogP contribution in [0.3, 0.4) is 0 Å². The number of nitrogens with zero attached hydrogens (tertiary/aromatic N) is 1. The lowest BCUT2D eigenvalue weighted by Gasteiger charge is -2.19. The van der Waals surface area contributed by atoms with Crippen LogP contribution in [0.1, 0.15) is 11.5 Å². The zero-order valence-electron chi connectivity index (χ0n) is 8.28. The van der Waals surface area contributed by atoms with Crippen molar-refractivity contribution in [2.24, 2.45) is 0 Å². The summed E-state index contributed by atoms with van der Waals surface area (Å²) in [7, 11) is 0. The van der Waals surface area contributed by atoms with E-state index in [2.05, 4.69) is 0 Å². The molecule has 0 fully saturated rings. The number of nitro benzene ring substituents is 1. The van der Waals surface area contributed by atoms with Crippen LogP contribution in [0, 0.1) is 10.1 Å². The van der Waals surface area contributed by atoms with Crippen LogP contribution in [0.25, 0.3) is 0 Å². The van der Waals surface area contributed by atoms with Crippen molar-refractivity contribution in [3.05, 3.63) is 33.9 Å². The predicted molar refractivity (Wildman–Crippen MR) is 50.3 cm³/mol. The molecular weight excluding hydrogens is 232 g/mol. The van der Waals surface area contributed by atoms with Crippen LogP contribution in [0.15, 0.2) is 18.2 Å². The van der Waals surface area contributed by atoms with Gasteiger partial charge in [-0.25, -0.2) is 0 Å². The van der Waals surface area contributed by atoms with E-state index in [9.17, 15) is 29.9 Å². The minimum absolute atomic E-state index is 0.0101. The Morgan fingerprint density at radius 3 is 2.18 bits per heavy atom. The smallest absolute Gasteiger partial charge is 0.275 e. The third kappa shape index (κ3) is 2.48. The highest BCUT2D eigenvalue weighted by Crippen LogP contribution is 2.28. The van der Waals surface area contributed by atoms with Crippen molar-refractivity contribution >= 4 is 23.3 Å². The fraction of sp³-hybridized carbons (Fsp3) is 0.111. The molecule has 0 atom stereocenters. The number of nitrogen functional groups attached to an aromatic ring is 1. The predicted octanol–water partition coefficient (Wildman–Crippen LogP) is -2.24. The van der Waals surface area contributed by atoms with Gasteiger partial charge in [0.1, 0.15) is 0 Å². The summed E-state index contributed by atoms with van der Waals surface area (Å²) in [6.07, 6.45) is 0. The number of hydrogen-bond donors (Lipinski definition) is 1. The lowest BCUT2D eigenvalue weighted by molar-refractivity contribution is -0.386. The van der Waals surface area contributed by atoms with Crippen molar-refractivity contribution in [3.63, 3.8) is 0 Å². The van der Waals surface area contributed by atoms with Crippen molar-refractivity contribution < 1.29 is 24.7 Å². The van der Waals surface area contributed by atoms with Gasteiger partial charge in [-0.2, -0.15) is 0 Å². The summed E-state index contributed by atoms with van der Waals surface area (Å²) in [6.45, 7) is 0. The van der Waals surface area contributed by atoms with Gasteiger partial charge >= 0.3 is 0 Å². The summed E-state index contributed by atoms with van der Waals surface area (Å²) in [5, 5.41) is 31.9. The zero-order valence-corrected chi connectivity index (χ0v) is 8.28. The first-order valence-corrected chi connectivity index (χ1v) is 4.30. The molecule has 8 nitrogen and oxygen atoms in total. The van der Waals surface area contributed by atoms with E-state index in [1.807, 2.05) is 0 Å². The largest absolute Gasteiger partial charge is 0.549 e. The van der Waals surface area contributed by atoms with Crippen LogP contribution < -0.4 is 15.9 Å². The number of rotatable bonds is 4. The SMILES string of the molecule is Nc1ccc(C(C(=O)[O-])C(=O)[O-])c([N+](=O)[O-])c1. The number of hydrogen-bond acceptors (Lipinski definition) is 7. The van der Waals surface area contributed by atoms with Crippen molar-refractivity contribution in [2.45, 2.75) is 5.92 Å². The molecule has 17 heavy (non-hydrogen) atoms. The number of carboxylic acids is 2. The van der Waals surface area contributed by atoms with E-state index < -0.39 is 34.0 Å². The van der Waals surface area contributed by atoms with Gasteiger partial charge in [-0.15, -0.1) is 0 Å². The highest BCUT2D eigenvalue weighted by molar-refractivity contribution is 5.98. The Bertz CT molecular complexity index is 484. The molecule has 0 saturated carbocycles. The van der Waals surface area contributed by atoms with Gasteiger partial charge in [-0.3, -0.25) is 10.1 Å². The molecule has 0 aliphatic rings. The Balaban J connectivity index is 3.43. The van der Waals surface area contributed by atoms with Gasteiger partial charge in [0.25, 0.3) is 5.69 Å². The standard InChI is InChI=1S/C9H8N2O6/c10-4-1-2-5(6(3-4)11(16)17)7(8(12)13)9(14)15/h1-3,7H,10H2,(H,12,13)(H,14,15)/p-2. The number of anilines is 1. The lowest BCUT2D eigenvalue weighted by Crippen LogP contribution is -2.41. The van der Waals surface area contributed by atoms with Crippen LogP contribution in [0.5, 0.6) is 0 Å². The Hall–Kier alpha value is -2.64. The Kier molecular flexibility index (Phi) is 3.27. The van der Waals surface area contributed by atoms with E-state index in [1.165, 1.54) is 0 Å². The normalized spacial score (nSPS) is 10.2.